The van der Waals surface area contributed by atoms with Gasteiger partial charge in [0, 0.05) is 19.0 Å². The Kier molecular flexibility index (Phi) is 5.97. The maximum Gasteiger partial charge on any atom is 0.434 e. The topological polar surface area (TPSA) is 65.5 Å². The van der Waals surface area contributed by atoms with Gasteiger partial charge in [0.2, 0.25) is 5.91 Å². The molecule has 2 unspecified atom stereocenters. The van der Waals surface area contributed by atoms with Gasteiger partial charge in [-0.25, -0.2) is 4.98 Å². The molecule has 1 aliphatic heterocycles. The first-order chi connectivity index (χ1) is 9.27. The molecular formula is C11H15ClF3N3O2S. The highest BCUT2D eigenvalue weighted by atomic mass is 35.5. The molecule has 0 radical (unpaired) electrons. The Morgan fingerprint density at radius 3 is 2.76 bits per heavy atom. The summed E-state index contributed by atoms with van der Waals surface area (Å²) in [5, 5.41) is 13.4. The van der Waals surface area contributed by atoms with E-state index in [0.717, 1.165) is 16.7 Å². The molecule has 1 fully saturated rings. The number of nitrogens with one attached hydrogen (secondary N) is 1. The van der Waals surface area contributed by atoms with Gasteiger partial charge in [0.05, 0.1) is 18.7 Å². The molecule has 2 atom stereocenters. The number of aliphatic hydroxyl groups is 1. The fourth-order valence-corrected chi connectivity index (χ4v) is 2.82. The summed E-state index contributed by atoms with van der Waals surface area (Å²) in [7, 11) is 1.50. The molecule has 21 heavy (non-hydrogen) atoms. The van der Waals surface area contributed by atoms with Crippen molar-refractivity contribution < 1.29 is 23.1 Å². The number of carbonyl (C=O) groups excluding carboxylic acids is 1. The lowest BCUT2D eigenvalue weighted by atomic mass is 10.2. The standard InChI is InChI=1S/C11H14F3N3O2S.ClH/c1-17(10(19)7-2-6(18)3-15-7)4-9-16-8(5-20-9)11(12,13)14;/h5-7,15,18H,2-4H2,1H3;1H. The van der Waals surface area contributed by atoms with Crippen LogP contribution < -0.4 is 5.32 Å². The SMILES string of the molecule is CN(Cc1nc(C(F)(F)F)cs1)C(=O)C1CC(O)CN1.Cl. The van der Waals surface area contributed by atoms with Crippen LogP contribution in [0, 0.1) is 0 Å². The summed E-state index contributed by atoms with van der Waals surface area (Å²) in [5.74, 6) is -0.259. The van der Waals surface area contributed by atoms with E-state index in [1.54, 1.807) is 0 Å². The van der Waals surface area contributed by atoms with E-state index < -0.39 is 24.0 Å². The molecule has 2 heterocycles. The van der Waals surface area contributed by atoms with Gasteiger partial charge in [-0.1, -0.05) is 0 Å². The monoisotopic (exact) mass is 345 g/mol. The number of alkyl halides is 3. The number of nitrogens with zero attached hydrogens (tertiary/aromatic N) is 2. The predicted molar refractivity (Wildman–Crippen MR) is 73.3 cm³/mol. The Balaban J connectivity index is 0.00000220. The summed E-state index contributed by atoms with van der Waals surface area (Å²) in [4.78, 5) is 16.8. The van der Waals surface area contributed by atoms with Gasteiger partial charge in [0.25, 0.3) is 0 Å². The van der Waals surface area contributed by atoms with Crippen LogP contribution in [0.15, 0.2) is 5.38 Å². The van der Waals surface area contributed by atoms with Crippen molar-refractivity contribution in [2.24, 2.45) is 0 Å². The van der Waals surface area contributed by atoms with E-state index in [4.69, 9.17) is 0 Å². The number of amides is 1. The molecule has 0 aliphatic carbocycles. The van der Waals surface area contributed by atoms with Crippen LogP contribution >= 0.6 is 23.7 Å². The van der Waals surface area contributed by atoms with Crippen molar-refractivity contribution in [2.75, 3.05) is 13.6 Å². The number of aliphatic hydroxyl groups excluding tert-OH is 1. The second-order valence-corrected chi connectivity index (χ2v) is 5.61. The Morgan fingerprint density at radius 1 is 1.62 bits per heavy atom. The molecule has 1 aliphatic rings. The third-order valence-electron chi connectivity index (χ3n) is 3.00. The maximum atomic E-state index is 12.4. The lowest BCUT2D eigenvalue weighted by Gasteiger charge is -2.19. The summed E-state index contributed by atoms with van der Waals surface area (Å²) < 4.78 is 37.2. The lowest BCUT2D eigenvalue weighted by molar-refractivity contribution is -0.140. The van der Waals surface area contributed by atoms with Gasteiger partial charge in [0.15, 0.2) is 5.69 Å². The van der Waals surface area contributed by atoms with Crippen LogP contribution in [0.5, 0.6) is 0 Å². The highest BCUT2D eigenvalue weighted by Gasteiger charge is 2.34. The van der Waals surface area contributed by atoms with Crippen molar-refractivity contribution in [3.63, 3.8) is 0 Å². The third kappa shape index (κ3) is 4.53. The minimum atomic E-state index is -4.46. The molecular weight excluding hydrogens is 331 g/mol. The van der Waals surface area contributed by atoms with Gasteiger partial charge in [-0.2, -0.15) is 13.2 Å². The van der Waals surface area contributed by atoms with Gasteiger partial charge in [0.1, 0.15) is 5.01 Å². The van der Waals surface area contributed by atoms with Crippen molar-refractivity contribution >= 4 is 29.7 Å². The number of likely N-dealkylation sites (N-methyl/N-ethyl adjacent to an activating group) is 1. The van der Waals surface area contributed by atoms with Gasteiger partial charge in [-0.3, -0.25) is 4.79 Å². The Bertz CT molecular complexity index is 497. The molecule has 0 bridgehead atoms. The number of halogens is 4. The average molecular weight is 346 g/mol. The molecule has 1 aromatic rings. The fourth-order valence-electron chi connectivity index (χ4n) is 1.97. The Hall–Kier alpha value is -0.900. The number of aromatic nitrogens is 1. The van der Waals surface area contributed by atoms with E-state index in [2.05, 4.69) is 10.3 Å². The van der Waals surface area contributed by atoms with Crippen LogP contribution in [0.2, 0.25) is 0 Å². The normalized spacial score (nSPS) is 22.0. The second kappa shape index (κ2) is 6.91. The summed E-state index contributed by atoms with van der Waals surface area (Å²) in [6.45, 7) is 0.369. The molecule has 10 heteroatoms. The number of thiazole rings is 1. The molecule has 2 rings (SSSR count). The zero-order chi connectivity index (χ0) is 14.9. The largest absolute Gasteiger partial charge is 0.434 e. The average Bonchev–Trinajstić information content (AvgIpc) is 2.96. The van der Waals surface area contributed by atoms with Crippen LogP contribution in [-0.2, 0) is 17.5 Å². The van der Waals surface area contributed by atoms with Gasteiger partial charge in [-0.05, 0) is 6.42 Å². The van der Waals surface area contributed by atoms with Crippen molar-refractivity contribution in [1.29, 1.82) is 0 Å². The molecule has 2 N–H and O–H groups in total. The van der Waals surface area contributed by atoms with Gasteiger partial charge >= 0.3 is 6.18 Å². The van der Waals surface area contributed by atoms with Crippen molar-refractivity contribution in [2.45, 2.75) is 31.3 Å². The molecule has 0 saturated carbocycles. The Morgan fingerprint density at radius 2 is 2.29 bits per heavy atom. The number of carbonyl (C=O) groups is 1. The fraction of sp³-hybridized carbons (Fsp3) is 0.636. The van der Waals surface area contributed by atoms with Crippen LogP contribution in [-0.4, -0.2) is 46.6 Å². The van der Waals surface area contributed by atoms with Gasteiger partial charge in [-0.15, -0.1) is 23.7 Å². The minimum absolute atomic E-state index is 0. The van der Waals surface area contributed by atoms with Crippen molar-refractivity contribution in [3.05, 3.63) is 16.1 Å². The lowest BCUT2D eigenvalue weighted by Crippen LogP contribution is -2.41. The zero-order valence-electron chi connectivity index (χ0n) is 11.1. The molecule has 5 nitrogen and oxygen atoms in total. The molecule has 1 aromatic heterocycles. The maximum absolute atomic E-state index is 12.4. The minimum Gasteiger partial charge on any atom is -0.392 e. The first-order valence-corrected chi connectivity index (χ1v) is 6.83. The smallest absolute Gasteiger partial charge is 0.392 e. The van der Waals surface area contributed by atoms with E-state index in [0.29, 0.717) is 13.0 Å². The van der Waals surface area contributed by atoms with Crippen molar-refractivity contribution in [1.82, 2.24) is 15.2 Å². The number of hydrogen-bond donors (Lipinski definition) is 2. The van der Waals surface area contributed by atoms with Crippen molar-refractivity contribution in [3.8, 4) is 0 Å². The number of hydrogen-bond acceptors (Lipinski definition) is 5. The van der Waals surface area contributed by atoms with E-state index in [1.807, 2.05) is 0 Å². The summed E-state index contributed by atoms with van der Waals surface area (Å²) in [6.07, 6.45) is -4.71. The molecule has 120 valence electrons. The molecule has 1 amide bonds. The van der Waals surface area contributed by atoms with Crippen LogP contribution in [0.1, 0.15) is 17.1 Å². The summed E-state index contributed by atoms with van der Waals surface area (Å²) >= 11 is 0.870. The third-order valence-corrected chi connectivity index (χ3v) is 3.83. The highest BCUT2D eigenvalue weighted by molar-refractivity contribution is 7.09. The molecule has 0 aromatic carbocycles. The molecule has 1 saturated heterocycles. The van der Waals surface area contributed by atoms with E-state index >= 15 is 0 Å². The zero-order valence-corrected chi connectivity index (χ0v) is 12.7. The van der Waals surface area contributed by atoms with E-state index in [9.17, 15) is 23.1 Å². The van der Waals surface area contributed by atoms with Crippen LogP contribution in [0.3, 0.4) is 0 Å². The van der Waals surface area contributed by atoms with Crippen LogP contribution in [0.25, 0.3) is 0 Å². The second-order valence-electron chi connectivity index (χ2n) is 4.67. The quantitative estimate of drug-likeness (QED) is 0.866. The highest BCUT2D eigenvalue weighted by Crippen LogP contribution is 2.30. The van der Waals surface area contributed by atoms with E-state index in [-0.39, 0.29) is 29.9 Å². The van der Waals surface area contributed by atoms with Gasteiger partial charge < -0.3 is 15.3 Å². The number of rotatable bonds is 3. The van der Waals surface area contributed by atoms with E-state index in [1.165, 1.54) is 11.9 Å². The predicted octanol–water partition coefficient (Wildman–Crippen LogP) is 1.26. The first kappa shape index (κ1) is 18.1. The summed E-state index contributed by atoms with van der Waals surface area (Å²) in [6, 6.07) is -0.489. The molecule has 0 spiro atoms. The number of β-amino-alcohol motifs (C(OH)–C–C–N with tert-alkyl or cyclic N) is 1. The first-order valence-electron chi connectivity index (χ1n) is 5.95. The van der Waals surface area contributed by atoms with Crippen LogP contribution in [0.4, 0.5) is 13.2 Å². The Labute approximate surface area is 129 Å². The summed E-state index contributed by atoms with van der Waals surface area (Å²) in [5.41, 5.74) is -0.937.